The molecule has 2 bridgehead atoms. The molecule has 3 aromatic carbocycles. The van der Waals surface area contributed by atoms with Gasteiger partial charge in [-0.05, 0) is 16.5 Å². The molecule has 1 aliphatic heterocycles. The van der Waals surface area contributed by atoms with Crippen LogP contribution in [-0.4, -0.2) is 6.61 Å². The highest BCUT2D eigenvalue weighted by Crippen LogP contribution is 2.36. The molecule has 2 nitrogen and oxygen atoms in total. The molecule has 4 rings (SSSR count). The average Bonchev–Trinajstić information content (AvgIpc) is 2.71. The van der Waals surface area contributed by atoms with Gasteiger partial charge in [0.1, 0.15) is 0 Å². The molecular weight excluding hydrogens is 272 g/mol. The van der Waals surface area contributed by atoms with Crippen molar-refractivity contribution in [1.29, 1.82) is 0 Å². The third-order valence-corrected chi connectivity index (χ3v) is 3.96. The maximum Gasteiger partial charge on any atom is 0.180 e. The number of fused-ring (bicyclic) bond motifs is 4. The largest absolute Gasteiger partial charge is 0.336 e. The second-order valence-electron chi connectivity index (χ2n) is 5.40. The van der Waals surface area contributed by atoms with Crippen molar-refractivity contribution in [3.05, 3.63) is 77.4 Å². The normalized spacial score (nSPS) is 14.0. The molecule has 0 saturated heterocycles. The molecule has 2 heteroatoms. The second kappa shape index (κ2) is 5.66. The lowest BCUT2D eigenvalue weighted by atomic mass is 9.97. The smallest absolute Gasteiger partial charge is 0.180 e. The topological polar surface area (TPSA) is 18.5 Å². The fourth-order valence-corrected chi connectivity index (χ4v) is 2.86. The van der Waals surface area contributed by atoms with Crippen LogP contribution in [0.3, 0.4) is 0 Å². The van der Waals surface area contributed by atoms with Gasteiger partial charge in [0.15, 0.2) is 5.75 Å². The van der Waals surface area contributed by atoms with Crippen molar-refractivity contribution in [2.45, 2.75) is 6.42 Å². The Morgan fingerprint density at radius 1 is 0.864 bits per heavy atom. The van der Waals surface area contributed by atoms with Crippen LogP contribution in [0.5, 0.6) is 5.75 Å². The van der Waals surface area contributed by atoms with E-state index in [-0.39, 0.29) is 0 Å². The van der Waals surface area contributed by atoms with Crippen LogP contribution in [-0.2, 0) is 11.3 Å². The van der Waals surface area contributed by atoms with Crippen molar-refractivity contribution < 1.29 is 9.78 Å². The maximum absolute atomic E-state index is 5.59. The van der Waals surface area contributed by atoms with Gasteiger partial charge >= 0.3 is 0 Å². The molecule has 3 aromatic rings. The molecule has 0 radical (unpaired) electrons. The number of hydrogen-bond acceptors (Lipinski definition) is 2. The van der Waals surface area contributed by atoms with Crippen LogP contribution in [0.4, 0.5) is 0 Å². The molecule has 0 amide bonds. The molecule has 0 aromatic heterocycles. The Balaban J connectivity index is 1.88. The summed E-state index contributed by atoms with van der Waals surface area (Å²) >= 11 is 0. The van der Waals surface area contributed by atoms with Gasteiger partial charge in [-0.25, -0.2) is 0 Å². The number of hydrogen-bond donors (Lipinski definition) is 0. The first-order chi connectivity index (χ1) is 10.9. The van der Waals surface area contributed by atoms with E-state index in [0.29, 0.717) is 6.61 Å². The molecule has 0 spiro atoms. The number of benzene rings is 3. The summed E-state index contributed by atoms with van der Waals surface area (Å²) in [6.45, 7) is 0.575. The fourth-order valence-electron chi connectivity index (χ4n) is 2.86. The molecule has 0 aliphatic carbocycles. The van der Waals surface area contributed by atoms with Gasteiger partial charge in [0, 0.05) is 17.4 Å². The van der Waals surface area contributed by atoms with Crippen molar-refractivity contribution >= 4 is 22.9 Å². The highest BCUT2D eigenvalue weighted by atomic mass is 17.2. The van der Waals surface area contributed by atoms with Crippen molar-refractivity contribution in [2.24, 2.45) is 0 Å². The van der Waals surface area contributed by atoms with Crippen LogP contribution in [0, 0.1) is 0 Å². The van der Waals surface area contributed by atoms with Gasteiger partial charge in [0.25, 0.3) is 0 Å². The van der Waals surface area contributed by atoms with Gasteiger partial charge in [-0.3, -0.25) is 0 Å². The van der Waals surface area contributed by atoms with Crippen LogP contribution >= 0.6 is 0 Å². The summed E-state index contributed by atoms with van der Waals surface area (Å²) in [5, 5.41) is 2.27. The SMILES string of the molecule is C(=Cc1c2cc3ccccc3c1OOCC2)c1ccccc1. The monoisotopic (exact) mass is 288 g/mol. The van der Waals surface area contributed by atoms with E-state index in [1.54, 1.807) is 0 Å². The Hall–Kier alpha value is -2.58. The fraction of sp³-hybridized carbons (Fsp3) is 0.100. The van der Waals surface area contributed by atoms with Gasteiger partial charge in [-0.2, -0.15) is 4.89 Å². The van der Waals surface area contributed by atoms with Crippen LogP contribution in [0.2, 0.25) is 0 Å². The second-order valence-corrected chi connectivity index (χ2v) is 5.40. The maximum atomic E-state index is 5.59. The summed E-state index contributed by atoms with van der Waals surface area (Å²) < 4.78 is 0. The first-order valence-electron chi connectivity index (χ1n) is 7.49. The lowest BCUT2D eigenvalue weighted by Crippen LogP contribution is -1.97. The van der Waals surface area contributed by atoms with Crippen LogP contribution in [0.25, 0.3) is 22.9 Å². The van der Waals surface area contributed by atoms with Crippen molar-refractivity contribution in [2.75, 3.05) is 6.61 Å². The third kappa shape index (κ3) is 2.38. The van der Waals surface area contributed by atoms with Crippen LogP contribution in [0.15, 0.2) is 60.7 Å². The predicted molar refractivity (Wildman–Crippen MR) is 89.6 cm³/mol. The predicted octanol–water partition coefficient (Wildman–Crippen LogP) is 4.88. The van der Waals surface area contributed by atoms with Gasteiger partial charge in [0.05, 0.1) is 6.61 Å². The minimum Gasteiger partial charge on any atom is -0.336 e. The molecule has 0 atom stereocenters. The zero-order valence-corrected chi connectivity index (χ0v) is 12.2. The van der Waals surface area contributed by atoms with Crippen molar-refractivity contribution in [3.8, 4) is 5.75 Å². The molecule has 108 valence electrons. The molecule has 1 aliphatic rings. The number of rotatable bonds is 2. The highest BCUT2D eigenvalue weighted by molar-refractivity contribution is 5.94. The first kappa shape index (κ1) is 13.1. The van der Waals surface area contributed by atoms with E-state index in [1.165, 1.54) is 16.5 Å². The van der Waals surface area contributed by atoms with E-state index in [2.05, 4.69) is 42.5 Å². The van der Waals surface area contributed by atoms with Gasteiger partial charge in [0.2, 0.25) is 0 Å². The van der Waals surface area contributed by atoms with Crippen LogP contribution < -0.4 is 4.89 Å². The zero-order chi connectivity index (χ0) is 14.8. The summed E-state index contributed by atoms with van der Waals surface area (Å²) in [5.41, 5.74) is 3.55. The highest BCUT2D eigenvalue weighted by Gasteiger charge is 2.17. The standard InChI is InChI=1S/C20H16O2/c1-2-6-15(7-3-1)10-11-19-17-12-13-21-22-20(19)18-9-5-4-8-16(18)14-17/h1-11,14H,12-13H2. The first-order valence-corrected chi connectivity index (χ1v) is 7.49. The van der Waals surface area contributed by atoms with Gasteiger partial charge in [-0.1, -0.05) is 72.8 Å². The quantitative estimate of drug-likeness (QED) is 0.494. The third-order valence-electron chi connectivity index (χ3n) is 3.96. The summed E-state index contributed by atoms with van der Waals surface area (Å²) in [6.07, 6.45) is 5.10. The molecular formula is C20H16O2. The van der Waals surface area contributed by atoms with E-state index < -0.39 is 0 Å². The van der Waals surface area contributed by atoms with Crippen LogP contribution in [0.1, 0.15) is 16.7 Å². The molecule has 22 heavy (non-hydrogen) atoms. The van der Waals surface area contributed by atoms with E-state index in [0.717, 1.165) is 23.1 Å². The Labute approximate surface area is 129 Å². The summed E-state index contributed by atoms with van der Waals surface area (Å²) in [7, 11) is 0. The summed E-state index contributed by atoms with van der Waals surface area (Å²) in [4.78, 5) is 10.9. The zero-order valence-electron chi connectivity index (χ0n) is 12.2. The molecule has 0 N–H and O–H groups in total. The molecule has 0 unspecified atom stereocenters. The molecule has 0 fully saturated rings. The van der Waals surface area contributed by atoms with Gasteiger partial charge < -0.3 is 4.89 Å². The Morgan fingerprint density at radius 3 is 2.59 bits per heavy atom. The minimum absolute atomic E-state index is 0.575. The van der Waals surface area contributed by atoms with E-state index in [9.17, 15) is 0 Å². The lowest BCUT2D eigenvalue weighted by Gasteiger charge is -2.10. The summed E-state index contributed by atoms with van der Waals surface area (Å²) in [6, 6.07) is 20.8. The minimum atomic E-state index is 0.575. The van der Waals surface area contributed by atoms with E-state index in [1.807, 2.05) is 30.3 Å². The summed E-state index contributed by atoms with van der Waals surface area (Å²) in [5.74, 6) is 0.817. The van der Waals surface area contributed by atoms with Gasteiger partial charge in [-0.15, -0.1) is 0 Å². The van der Waals surface area contributed by atoms with E-state index >= 15 is 0 Å². The van der Waals surface area contributed by atoms with Crippen molar-refractivity contribution in [1.82, 2.24) is 0 Å². The Kier molecular flexibility index (Phi) is 3.37. The lowest BCUT2D eigenvalue weighted by molar-refractivity contribution is -0.202. The molecule has 1 heterocycles. The Bertz CT molecular complexity index is 835. The average molecular weight is 288 g/mol. The van der Waals surface area contributed by atoms with E-state index in [4.69, 9.17) is 9.78 Å². The Morgan fingerprint density at radius 2 is 1.68 bits per heavy atom. The molecule has 0 saturated carbocycles. The van der Waals surface area contributed by atoms with Crippen molar-refractivity contribution in [3.63, 3.8) is 0 Å².